The van der Waals surface area contributed by atoms with Gasteiger partial charge in [-0.25, -0.2) is 4.79 Å². The molecule has 1 saturated heterocycles. The quantitative estimate of drug-likeness (QED) is 0.0723. The molecule has 79 heavy (non-hydrogen) atoms. The average molecular weight is 1100 g/mol. The van der Waals surface area contributed by atoms with Gasteiger partial charge in [-0.3, -0.25) is 38.4 Å². The van der Waals surface area contributed by atoms with Crippen LogP contribution < -0.4 is 70.8 Å². The predicted octanol–water partition coefficient (Wildman–Crippen LogP) is -0.463. The molecule has 1 heterocycles. The van der Waals surface area contributed by atoms with Crippen molar-refractivity contribution >= 4 is 53.4 Å². The number of fused-ring (bicyclic) bond motifs is 3. The van der Waals surface area contributed by atoms with Crippen LogP contribution in [0.3, 0.4) is 0 Å². The number of hydrogen-bond acceptors (Lipinski definition) is 14. The summed E-state index contributed by atoms with van der Waals surface area (Å²) in [5, 5.41) is 24.2. The van der Waals surface area contributed by atoms with Gasteiger partial charge >= 0.3 is 6.09 Å². The maximum Gasteiger partial charge on any atom is 0.407 e. The predicted molar refractivity (Wildman–Crippen MR) is 297 cm³/mol. The van der Waals surface area contributed by atoms with Gasteiger partial charge in [-0.1, -0.05) is 107 Å². The number of hydrogen-bond donors (Lipinski definition) is 13. The molecule has 3 aromatic carbocycles. The molecule has 1 aliphatic heterocycles. The van der Waals surface area contributed by atoms with Crippen molar-refractivity contribution in [3.63, 3.8) is 0 Å². The van der Waals surface area contributed by atoms with Gasteiger partial charge in [-0.2, -0.15) is 0 Å². The van der Waals surface area contributed by atoms with Crippen molar-refractivity contribution in [1.82, 2.24) is 47.9 Å². The standard InChI is InChI=1S/C56H81N13O10/c1-32(2)28-45-48(70)61-27-22-44(65-52(74)43(21-26-60)69-56(78)79-31-39-37-16-10-8-14-35(37)36-15-9-11-17-38(36)39)53(75)63-42(20-25-59)51(73)67-46(29-33(3)4)54(76)68-47(30-34-12-6-5-7-13-34)55(77)64-40(18-23-57)49(71)62-41(19-24-58)50(72)66-45/h5-17,32-33,39-47H,18-31,57-60H2,1-4H3,(H,61,70)(H,62,71)(H,63,75)(H,64,77)(H,65,74)(H,66,72)(H,67,73)(H,68,76)(H,69,78)/t40-,41-,42-,43+,44-,45-,46-,47+/m0/s1. The first kappa shape index (κ1) is 62.4. The van der Waals surface area contributed by atoms with Crippen molar-refractivity contribution in [1.29, 1.82) is 0 Å². The van der Waals surface area contributed by atoms with E-state index in [1.54, 1.807) is 30.3 Å². The minimum Gasteiger partial charge on any atom is -0.449 e. The summed E-state index contributed by atoms with van der Waals surface area (Å²) in [4.78, 5) is 127. The number of nitrogens with one attached hydrogen (secondary N) is 9. The number of carbonyl (C=O) groups is 9. The van der Waals surface area contributed by atoms with Gasteiger partial charge in [0.15, 0.2) is 0 Å². The van der Waals surface area contributed by atoms with Crippen molar-refractivity contribution < 1.29 is 47.9 Å². The minimum atomic E-state index is -1.48. The maximum atomic E-state index is 14.5. The highest BCUT2D eigenvalue weighted by molar-refractivity contribution is 5.98. The lowest BCUT2D eigenvalue weighted by Gasteiger charge is -2.28. The van der Waals surface area contributed by atoms with E-state index < -0.39 is 102 Å². The monoisotopic (exact) mass is 1100 g/mol. The Morgan fingerprint density at radius 3 is 1.47 bits per heavy atom. The molecule has 0 bridgehead atoms. The van der Waals surface area contributed by atoms with Crippen LogP contribution in [0.15, 0.2) is 78.9 Å². The Balaban J connectivity index is 1.46. The van der Waals surface area contributed by atoms with Gasteiger partial charge in [0, 0.05) is 18.9 Å². The molecule has 0 aromatic heterocycles. The van der Waals surface area contributed by atoms with E-state index in [-0.39, 0.29) is 108 Å². The summed E-state index contributed by atoms with van der Waals surface area (Å²) in [6, 6.07) is 13.9. The summed E-state index contributed by atoms with van der Waals surface area (Å²) in [6.45, 7) is 6.71. The van der Waals surface area contributed by atoms with E-state index in [4.69, 9.17) is 27.7 Å². The largest absolute Gasteiger partial charge is 0.449 e. The summed E-state index contributed by atoms with van der Waals surface area (Å²) in [5.41, 5.74) is 28.4. The van der Waals surface area contributed by atoms with Gasteiger partial charge in [0.05, 0.1) is 0 Å². The molecule has 5 rings (SSSR count). The number of amides is 9. The van der Waals surface area contributed by atoms with E-state index >= 15 is 0 Å². The number of rotatable bonds is 19. The molecule has 23 heteroatoms. The molecule has 0 spiro atoms. The molecule has 0 saturated carbocycles. The van der Waals surface area contributed by atoms with Crippen LogP contribution in [0.25, 0.3) is 11.1 Å². The highest BCUT2D eigenvalue weighted by atomic mass is 16.5. The third-order valence-corrected chi connectivity index (χ3v) is 13.6. The van der Waals surface area contributed by atoms with Gasteiger partial charge in [0.25, 0.3) is 0 Å². The number of carbonyl (C=O) groups excluding carboxylic acids is 9. The SMILES string of the molecule is CC(C)C[C@@H]1NC(=O)[C@H](CCN)NC(=O)[C@H](CCN)NC(=O)[C@@H](Cc2ccccc2)NC(=O)[C@H](CC(C)C)NC(=O)[C@H](CCN)NC(=O)[C@@H](NC(=O)[C@@H](CCN)NC(=O)OCC2c3ccccc3-c3ccccc32)CCNC1=O. The van der Waals surface area contributed by atoms with Crippen LogP contribution in [0.2, 0.25) is 0 Å². The van der Waals surface area contributed by atoms with Crippen LogP contribution in [0.5, 0.6) is 0 Å². The van der Waals surface area contributed by atoms with E-state index in [2.05, 4.69) is 47.9 Å². The Hall–Kier alpha value is -7.47. The number of nitrogens with two attached hydrogens (primary N) is 4. The molecule has 17 N–H and O–H groups in total. The summed E-state index contributed by atoms with van der Waals surface area (Å²) in [7, 11) is 0. The van der Waals surface area contributed by atoms with Crippen molar-refractivity contribution in [3.05, 3.63) is 95.6 Å². The molecule has 2 aliphatic rings. The van der Waals surface area contributed by atoms with E-state index in [9.17, 15) is 43.2 Å². The van der Waals surface area contributed by atoms with E-state index in [1.165, 1.54) is 0 Å². The molecule has 9 amide bonds. The van der Waals surface area contributed by atoms with Crippen molar-refractivity contribution in [2.45, 2.75) is 133 Å². The second-order valence-electron chi connectivity index (χ2n) is 20.8. The molecular weight excluding hydrogens is 1010 g/mol. The molecule has 430 valence electrons. The summed E-state index contributed by atoms with van der Waals surface area (Å²) < 4.78 is 5.73. The van der Waals surface area contributed by atoms with E-state index in [0.717, 1.165) is 22.3 Å². The average Bonchev–Trinajstić information content (AvgIpc) is 3.99. The van der Waals surface area contributed by atoms with Crippen molar-refractivity contribution in [2.24, 2.45) is 34.8 Å². The van der Waals surface area contributed by atoms with Gasteiger partial charge in [0.2, 0.25) is 47.3 Å². The van der Waals surface area contributed by atoms with Gasteiger partial charge < -0.3 is 75.5 Å². The Morgan fingerprint density at radius 2 is 0.975 bits per heavy atom. The van der Waals surface area contributed by atoms with Gasteiger partial charge in [-0.15, -0.1) is 0 Å². The van der Waals surface area contributed by atoms with Crippen molar-refractivity contribution in [3.8, 4) is 11.1 Å². The Morgan fingerprint density at radius 1 is 0.544 bits per heavy atom. The molecule has 1 aliphatic carbocycles. The number of benzene rings is 3. The highest BCUT2D eigenvalue weighted by Gasteiger charge is 2.36. The Labute approximate surface area is 461 Å². The maximum absolute atomic E-state index is 14.5. The Kier molecular flexibility index (Phi) is 24.6. The fourth-order valence-corrected chi connectivity index (χ4v) is 9.63. The van der Waals surface area contributed by atoms with Crippen LogP contribution in [0, 0.1) is 11.8 Å². The molecule has 3 aromatic rings. The molecule has 8 atom stereocenters. The third-order valence-electron chi connectivity index (χ3n) is 13.6. The zero-order valence-corrected chi connectivity index (χ0v) is 45.6. The van der Waals surface area contributed by atoms with E-state index in [0.29, 0.717) is 5.56 Å². The van der Waals surface area contributed by atoms with E-state index in [1.807, 2.05) is 76.2 Å². The second kappa shape index (κ2) is 31.2. The van der Waals surface area contributed by atoms with Crippen LogP contribution in [-0.2, 0) is 49.5 Å². The lowest BCUT2D eigenvalue weighted by molar-refractivity contribution is -0.136. The topological polar surface area (TPSA) is 375 Å². The first-order chi connectivity index (χ1) is 37.9. The second-order valence-corrected chi connectivity index (χ2v) is 20.8. The molecule has 0 radical (unpaired) electrons. The number of ether oxygens (including phenoxy) is 1. The fraction of sp³-hybridized carbons (Fsp3) is 0.518. The normalized spacial score (nSPS) is 22.4. The number of alkyl carbamates (subject to hydrolysis) is 1. The fourth-order valence-electron chi connectivity index (χ4n) is 9.63. The summed E-state index contributed by atoms with van der Waals surface area (Å²) >= 11 is 0. The van der Waals surface area contributed by atoms with Crippen LogP contribution >= 0.6 is 0 Å². The third kappa shape index (κ3) is 18.6. The van der Waals surface area contributed by atoms with Crippen LogP contribution in [-0.4, -0.2) is 141 Å². The zero-order valence-electron chi connectivity index (χ0n) is 45.6. The first-order valence-electron chi connectivity index (χ1n) is 27.2. The summed E-state index contributed by atoms with van der Waals surface area (Å²) in [5.74, 6) is -6.82. The molecule has 23 nitrogen and oxygen atoms in total. The minimum absolute atomic E-state index is 0.0401. The van der Waals surface area contributed by atoms with Crippen molar-refractivity contribution in [2.75, 3.05) is 39.3 Å². The summed E-state index contributed by atoms with van der Waals surface area (Å²) in [6.07, 6.45) is -1.35. The van der Waals surface area contributed by atoms with Crippen LogP contribution in [0.1, 0.15) is 95.2 Å². The van der Waals surface area contributed by atoms with Crippen LogP contribution in [0.4, 0.5) is 4.79 Å². The lowest BCUT2D eigenvalue weighted by atomic mass is 9.98. The lowest BCUT2D eigenvalue weighted by Crippen LogP contribution is -2.61. The van der Waals surface area contributed by atoms with Gasteiger partial charge in [-0.05, 0) is 111 Å². The Bertz CT molecular complexity index is 2520. The van der Waals surface area contributed by atoms with Gasteiger partial charge in [0.1, 0.15) is 54.9 Å². The molecular formula is C56H81N13O10. The smallest absolute Gasteiger partial charge is 0.407 e. The molecule has 1 fully saturated rings. The first-order valence-corrected chi connectivity index (χ1v) is 27.2. The zero-order chi connectivity index (χ0) is 57.6. The highest BCUT2D eigenvalue weighted by Crippen LogP contribution is 2.44. The molecule has 0 unspecified atom stereocenters.